The zero-order valence-corrected chi connectivity index (χ0v) is 24.1. The van der Waals surface area contributed by atoms with Crippen molar-refractivity contribution in [3.05, 3.63) is 90.1 Å². The number of pyridine rings is 1. The van der Waals surface area contributed by atoms with E-state index in [9.17, 15) is 4.79 Å². The van der Waals surface area contributed by atoms with Gasteiger partial charge in [-0.2, -0.15) is 0 Å². The van der Waals surface area contributed by atoms with Gasteiger partial charge in [-0.1, -0.05) is 30.3 Å². The van der Waals surface area contributed by atoms with Gasteiger partial charge in [0.2, 0.25) is 6.29 Å². The zero-order valence-electron chi connectivity index (χ0n) is 22.4. The molecule has 2 heterocycles. The summed E-state index contributed by atoms with van der Waals surface area (Å²) in [6.07, 6.45) is -0.868. The maximum absolute atomic E-state index is 12.5. The lowest BCUT2D eigenvalue weighted by Gasteiger charge is -2.32. The molecule has 0 fully saturated rings. The third-order valence-electron chi connectivity index (χ3n) is 6.07. The second kappa shape index (κ2) is 14.1. The Morgan fingerprint density at radius 1 is 0.950 bits per heavy atom. The van der Waals surface area contributed by atoms with Crippen molar-refractivity contribution in [2.24, 2.45) is 0 Å². The summed E-state index contributed by atoms with van der Waals surface area (Å²) in [5, 5.41) is 1.08. The van der Waals surface area contributed by atoms with Crippen LogP contribution in [0.5, 0.6) is 23.0 Å². The number of rotatable bonds is 9. The maximum atomic E-state index is 12.5. The van der Waals surface area contributed by atoms with Gasteiger partial charge in [-0.15, -0.1) is 24.8 Å². The van der Waals surface area contributed by atoms with Crippen molar-refractivity contribution in [1.82, 2.24) is 9.88 Å². The zero-order chi connectivity index (χ0) is 26.5. The van der Waals surface area contributed by atoms with Gasteiger partial charge in [0, 0.05) is 23.1 Å². The molecule has 0 saturated heterocycles. The highest BCUT2D eigenvalue weighted by Gasteiger charge is 2.33. The Balaban J connectivity index is 0.00000220. The Kier molecular flexibility index (Phi) is 10.8. The first kappa shape index (κ1) is 30.8. The summed E-state index contributed by atoms with van der Waals surface area (Å²) in [7, 11) is 5.24. The van der Waals surface area contributed by atoms with Gasteiger partial charge >= 0.3 is 5.97 Å². The molecule has 0 bridgehead atoms. The topological polar surface area (TPSA) is 79.4 Å². The monoisotopic (exact) mass is 586 g/mol. The van der Waals surface area contributed by atoms with Gasteiger partial charge in [0.05, 0.1) is 31.3 Å². The van der Waals surface area contributed by atoms with Crippen LogP contribution in [-0.2, 0) is 16.1 Å². The van der Waals surface area contributed by atoms with Crippen LogP contribution < -0.4 is 18.9 Å². The maximum Gasteiger partial charge on any atom is 0.320 e. The van der Waals surface area contributed by atoms with E-state index in [1.807, 2.05) is 80.8 Å². The molecule has 2 atom stereocenters. The highest BCUT2D eigenvalue weighted by atomic mass is 35.5. The number of methoxy groups -OCH3 is 1. The fourth-order valence-corrected chi connectivity index (χ4v) is 4.27. The fourth-order valence-electron chi connectivity index (χ4n) is 4.27. The number of carbonyl (C=O) groups is 1. The third kappa shape index (κ3) is 7.69. The lowest BCUT2D eigenvalue weighted by atomic mass is 10.0. The van der Waals surface area contributed by atoms with Crippen molar-refractivity contribution >= 4 is 41.7 Å². The number of nitrogens with zero attached hydrogens (tertiary/aromatic N) is 2. The third-order valence-corrected chi connectivity index (χ3v) is 6.07. The molecule has 1 aliphatic rings. The van der Waals surface area contributed by atoms with Crippen molar-refractivity contribution in [3.8, 4) is 23.0 Å². The first-order chi connectivity index (χ1) is 18.5. The molecule has 40 heavy (non-hydrogen) atoms. The molecular weight excluding hydrogens is 555 g/mol. The number of hydrogen-bond acceptors (Lipinski definition) is 8. The van der Waals surface area contributed by atoms with E-state index in [-0.39, 0.29) is 37.3 Å². The van der Waals surface area contributed by atoms with Crippen molar-refractivity contribution in [3.63, 3.8) is 0 Å². The van der Waals surface area contributed by atoms with E-state index < -0.39 is 12.4 Å². The average molecular weight is 588 g/mol. The van der Waals surface area contributed by atoms with Gasteiger partial charge in [-0.05, 0) is 50.5 Å². The van der Waals surface area contributed by atoms with Crippen LogP contribution in [0.3, 0.4) is 0 Å². The second-order valence-corrected chi connectivity index (χ2v) is 9.28. The van der Waals surface area contributed by atoms with Gasteiger partial charge in [0.15, 0.2) is 0 Å². The molecular formula is C30H32Cl2N2O6. The number of aromatic nitrogens is 1. The van der Waals surface area contributed by atoms with Gasteiger partial charge in [0.25, 0.3) is 0 Å². The molecule has 0 aliphatic carbocycles. The van der Waals surface area contributed by atoms with Crippen LogP contribution in [0.1, 0.15) is 23.8 Å². The first-order valence-corrected chi connectivity index (χ1v) is 12.4. The van der Waals surface area contributed by atoms with Crippen LogP contribution in [0.4, 0.5) is 0 Å². The number of halogens is 2. The van der Waals surface area contributed by atoms with Crippen molar-refractivity contribution in [2.45, 2.75) is 25.4 Å². The number of carbonyl (C=O) groups excluding carboxylic acids is 1. The smallest absolute Gasteiger partial charge is 0.320 e. The van der Waals surface area contributed by atoms with E-state index in [2.05, 4.69) is 4.98 Å². The van der Waals surface area contributed by atoms with E-state index in [0.717, 1.165) is 22.2 Å². The number of likely N-dealkylation sites (N-methyl/N-ethyl adjacent to an activating group) is 1. The van der Waals surface area contributed by atoms with Crippen molar-refractivity contribution < 1.29 is 28.5 Å². The fraction of sp³-hybridized carbons (Fsp3) is 0.267. The quantitative estimate of drug-likeness (QED) is 0.221. The Morgan fingerprint density at radius 3 is 2.55 bits per heavy atom. The SMILES string of the molecule is COc1cccc(OC2CC(OC(=O)CN(C)C)c3ccc(OCc4ccc5ccccc5n4)cc3O2)c1.Cl.Cl. The molecule has 212 valence electrons. The van der Waals surface area contributed by atoms with Crippen LogP contribution in [0.15, 0.2) is 78.9 Å². The molecule has 1 aliphatic heterocycles. The number of hydrogen-bond donors (Lipinski definition) is 0. The average Bonchev–Trinajstić information content (AvgIpc) is 2.91. The van der Waals surface area contributed by atoms with Gasteiger partial charge in [0.1, 0.15) is 35.7 Å². The van der Waals surface area contributed by atoms with Crippen LogP contribution in [0.25, 0.3) is 10.9 Å². The first-order valence-electron chi connectivity index (χ1n) is 12.4. The number of esters is 1. The van der Waals surface area contributed by atoms with Crippen molar-refractivity contribution in [1.29, 1.82) is 0 Å². The second-order valence-electron chi connectivity index (χ2n) is 9.28. The Labute approximate surface area is 246 Å². The predicted molar refractivity (Wildman–Crippen MR) is 157 cm³/mol. The molecule has 8 nitrogen and oxygen atoms in total. The highest BCUT2D eigenvalue weighted by Crippen LogP contribution is 2.40. The van der Waals surface area contributed by atoms with E-state index in [1.165, 1.54) is 0 Å². The lowest BCUT2D eigenvalue weighted by molar-refractivity contribution is -0.155. The number of ether oxygens (including phenoxy) is 5. The summed E-state index contributed by atoms with van der Waals surface area (Å²) in [6.45, 7) is 0.475. The summed E-state index contributed by atoms with van der Waals surface area (Å²) in [4.78, 5) is 18.9. The normalized spacial score (nSPS) is 15.6. The highest BCUT2D eigenvalue weighted by molar-refractivity contribution is 5.85. The molecule has 0 saturated carbocycles. The van der Waals surface area contributed by atoms with E-state index in [4.69, 9.17) is 23.7 Å². The summed E-state index contributed by atoms with van der Waals surface area (Å²) >= 11 is 0. The van der Waals surface area contributed by atoms with Gasteiger partial charge < -0.3 is 23.7 Å². The summed E-state index contributed by atoms with van der Waals surface area (Å²) < 4.78 is 29.5. The Bertz CT molecular complexity index is 1430. The summed E-state index contributed by atoms with van der Waals surface area (Å²) in [5.41, 5.74) is 2.50. The minimum absolute atomic E-state index is 0. The molecule has 0 amide bonds. The van der Waals surface area contributed by atoms with Gasteiger partial charge in [-0.3, -0.25) is 9.69 Å². The molecule has 0 N–H and O–H groups in total. The van der Waals surface area contributed by atoms with Crippen LogP contribution in [0.2, 0.25) is 0 Å². The Morgan fingerprint density at radius 2 is 1.75 bits per heavy atom. The Hall–Kier alpha value is -3.72. The molecule has 3 aromatic carbocycles. The van der Waals surface area contributed by atoms with Crippen LogP contribution >= 0.6 is 24.8 Å². The predicted octanol–water partition coefficient (Wildman–Crippen LogP) is 6.00. The molecule has 2 unspecified atom stereocenters. The molecule has 0 spiro atoms. The van der Waals surface area contributed by atoms with Crippen LogP contribution in [0, 0.1) is 0 Å². The molecule has 1 aromatic heterocycles. The lowest BCUT2D eigenvalue weighted by Crippen LogP contribution is -2.34. The number of para-hydroxylation sites is 1. The molecule has 0 radical (unpaired) electrons. The molecule has 5 rings (SSSR count). The summed E-state index contributed by atoms with van der Waals surface area (Å²) in [5.74, 6) is 2.09. The van der Waals surface area contributed by atoms with E-state index >= 15 is 0 Å². The van der Waals surface area contributed by atoms with Crippen LogP contribution in [-0.4, -0.2) is 49.9 Å². The number of benzene rings is 3. The van der Waals surface area contributed by atoms with Gasteiger partial charge in [-0.25, -0.2) is 4.98 Å². The number of fused-ring (bicyclic) bond motifs is 2. The standard InChI is InChI=1S/C30H30N2O6.2ClH/c1-32(2)18-29(33)37-28-17-30(36-24-9-6-8-22(15-24)34-3)38-27-16-23(13-14-25(27)28)35-19-21-12-11-20-7-4-5-10-26(20)31-21;;/h4-16,28,30H,17-19H2,1-3H3;2*1H. The molecule has 4 aromatic rings. The van der Waals surface area contributed by atoms with Crippen molar-refractivity contribution in [2.75, 3.05) is 27.7 Å². The van der Waals surface area contributed by atoms with E-state index in [1.54, 1.807) is 24.1 Å². The molecule has 10 heteroatoms. The summed E-state index contributed by atoms with van der Waals surface area (Å²) in [6, 6.07) is 24.7. The minimum atomic E-state index is -0.677. The largest absolute Gasteiger partial charge is 0.497 e. The minimum Gasteiger partial charge on any atom is -0.497 e. The van der Waals surface area contributed by atoms with E-state index in [0.29, 0.717) is 36.0 Å².